The van der Waals surface area contributed by atoms with Gasteiger partial charge >= 0.3 is 0 Å². The minimum atomic E-state index is 0.661. The molecule has 1 atom stereocenters. The van der Waals surface area contributed by atoms with Gasteiger partial charge in [0.1, 0.15) is 0 Å². The summed E-state index contributed by atoms with van der Waals surface area (Å²) in [6.07, 6.45) is 12.5. The Morgan fingerprint density at radius 2 is 2.18 bits per heavy atom. The lowest BCUT2D eigenvalue weighted by Gasteiger charge is -2.30. The van der Waals surface area contributed by atoms with E-state index in [1.165, 1.54) is 38.5 Å². The second-order valence-electron chi connectivity index (χ2n) is 5.22. The van der Waals surface area contributed by atoms with Crippen molar-refractivity contribution in [3.8, 4) is 0 Å². The number of imidazole rings is 1. The maximum Gasteiger partial charge on any atom is 0.0952 e. The van der Waals surface area contributed by atoms with Gasteiger partial charge in [0, 0.05) is 18.8 Å². The predicted molar refractivity (Wildman–Crippen MR) is 70.9 cm³/mol. The Morgan fingerprint density at radius 1 is 1.41 bits per heavy atom. The summed E-state index contributed by atoms with van der Waals surface area (Å²) >= 11 is 0. The molecule has 2 rings (SSSR count). The number of rotatable bonds is 5. The molecule has 1 aromatic rings. The number of nitrogens with one attached hydrogen (secondary N) is 1. The highest BCUT2D eigenvalue weighted by Gasteiger charge is 2.23. The minimum absolute atomic E-state index is 0.661. The molecule has 1 heterocycles. The zero-order valence-corrected chi connectivity index (χ0v) is 11.2. The van der Waals surface area contributed by atoms with Crippen molar-refractivity contribution in [2.75, 3.05) is 7.05 Å². The Kier molecular flexibility index (Phi) is 4.60. The van der Waals surface area contributed by atoms with E-state index in [-0.39, 0.29) is 0 Å². The Morgan fingerprint density at radius 3 is 2.82 bits per heavy atom. The van der Waals surface area contributed by atoms with E-state index in [1.54, 1.807) is 0 Å². The van der Waals surface area contributed by atoms with Crippen LogP contribution >= 0.6 is 0 Å². The number of hydrogen-bond donors (Lipinski definition) is 1. The molecule has 1 saturated carbocycles. The molecule has 1 fully saturated rings. The Balaban J connectivity index is 2.04. The maximum absolute atomic E-state index is 4.47. The molecule has 1 aliphatic carbocycles. The van der Waals surface area contributed by atoms with Crippen LogP contribution in [0.1, 0.15) is 57.2 Å². The van der Waals surface area contributed by atoms with Gasteiger partial charge in [-0.3, -0.25) is 0 Å². The van der Waals surface area contributed by atoms with Crippen molar-refractivity contribution in [1.29, 1.82) is 0 Å². The first-order valence-corrected chi connectivity index (χ1v) is 7.02. The van der Waals surface area contributed by atoms with Crippen molar-refractivity contribution in [3.63, 3.8) is 0 Å². The van der Waals surface area contributed by atoms with E-state index in [0.29, 0.717) is 6.04 Å². The van der Waals surface area contributed by atoms with E-state index >= 15 is 0 Å². The smallest absolute Gasteiger partial charge is 0.0952 e. The Bertz CT molecular complexity index is 326. The number of hydrogen-bond acceptors (Lipinski definition) is 2. The highest BCUT2D eigenvalue weighted by Crippen LogP contribution is 2.34. The summed E-state index contributed by atoms with van der Waals surface area (Å²) in [6.45, 7) is 3.17. The standard InChI is InChI=1S/C14H25N3/c1-3-14(12-7-5-4-6-8-12)17-10-13(9-15-2)16-11-17/h10-12,14-15H,3-9H2,1-2H3. The Labute approximate surface area is 105 Å². The fourth-order valence-corrected chi connectivity index (χ4v) is 3.14. The van der Waals surface area contributed by atoms with Crippen molar-refractivity contribution in [2.45, 2.75) is 58.0 Å². The van der Waals surface area contributed by atoms with Crippen molar-refractivity contribution in [1.82, 2.24) is 14.9 Å². The second-order valence-corrected chi connectivity index (χ2v) is 5.22. The van der Waals surface area contributed by atoms with Gasteiger partial charge in [-0.1, -0.05) is 26.2 Å². The SMILES string of the molecule is CCC(C1CCCCC1)n1cnc(CNC)c1. The molecule has 0 spiro atoms. The van der Waals surface area contributed by atoms with E-state index in [2.05, 4.69) is 28.0 Å². The van der Waals surface area contributed by atoms with E-state index in [9.17, 15) is 0 Å². The molecule has 3 nitrogen and oxygen atoms in total. The van der Waals surface area contributed by atoms with E-state index in [4.69, 9.17) is 0 Å². The highest BCUT2D eigenvalue weighted by atomic mass is 15.1. The van der Waals surface area contributed by atoms with Crippen LogP contribution in [0.2, 0.25) is 0 Å². The zero-order valence-electron chi connectivity index (χ0n) is 11.2. The minimum Gasteiger partial charge on any atom is -0.334 e. The fourth-order valence-electron chi connectivity index (χ4n) is 3.14. The first-order chi connectivity index (χ1) is 8.35. The van der Waals surface area contributed by atoms with Crippen LogP contribution in [0.4, 0.5) is 0 Å². The number of aromatic nitrogens is 2. The summed E-state index contributed by atoms with van der Waals surface area (Å²) in [5, 5.41) is 3.16. The van der Waals surface area contributed by atoms with E-state index in [0.717, 1.165) is 18.2 Å². The molecule has 0 radical (unpaired) electrons. The normalized spacial score (nSPS) is 19.4. The van der Waals surface area contributed by atoms with Gasteiger partial charge in [-0.05, 0) is 32.2 Å². The monoisotopic (exact) mass is 235 g/mol. The van der Waals surface area contributed by atoms with E-state index < -0.39 is 0 Å². The first kappa shape index (κ1) is 12.6. The molecule has 0 saturated heterocycles. The van der Waals surface area contributed by atoms with Crippen LogP contribution in [0.5, 0.6) is 0 Å². The quantitative estimate of drug-likeness (QED) is 0.849. The third kappa shape index (κ3) is 3.09. The molecule has 96 valence electrons. The third-order valence-corrected chi connectivity index (χ3v) is 4.01. The molecule has 1 aromatic heterocycles. The van der Waals surface area contributed by atoms with Crippen LogP contribution in [0.25, 0.3) is 0 Å². The lowest BCUT2D eigenvalue weighted by molar-refractivity contribution is 0.242. The molecular formula is C14H25N3. The van der Waals surface area contributed by atoms with Crippen molar-refractivity contribution in [2.24, 2.45) is 5.92 Å². The van der Waals surface area contributed by atoms with Crippen molar-refractivity contribution in [3.05, 3.63) is 18.2 Å². The second kappa shape index (κ2) is 6.20. The predicted octanol–water partition coefficient (Wildman–Crippen LogP) is 3.13. The van der Waals surface area contributed by atoms with Gasteiger partial charge in [-0.2, -0.15) is 0 Å². The fraction of sp³-hybridized carbons (Fsp3) is 0.786. The molecule has 1 N–H and O–H groups in total. The summed E-state index contributed by atoms with van der Waals surface area (Å²) < 4.78 is 2.35. The van der Waals surface area contributed by atoms with Gasteiger partial charge in [0.2, 0.25) is 0 Å². The molecule has 1 aliphatic rings. The van der Waals surface area contributed by atoms with Crippen LogP contribution in [-0.4, -0.2) is 16.6 Å². The zero-order chi connectivity index (χ0) is 12.1. The molecule has 0 bridgehead atoms. The molecule has 0 aromatic carbocycles. The van der Waals surface area contributed by atoms with Crippen LogP contribution < -0.4 is 5.32 Å². The molecule has 0 aliphatic heterocycles. The van der Waals surface area contributed by atoms with Crippen molar-refractivity contribution < 1.29 is 0 Å². The van der Waals surface area contributed by atoms with Crippen LogP contribution in [0.3, 0.4) is 0 Å². The lowest BCUT2D eigenvalue weighted by Crippen LogP contribution is -2.20. The van der Waals surface area contributed by atoms with Gasteiger partial charge < -0.3 is 9.88 Å². The van der Waals surface area contributed by atoms with Gasteiger partial charge in [0.25, 0.3) is 0 Å². The van der Waals surface area contributed by atoms with Crippen molar-refractivity contribution >= 4 is 0 Å². The van der Waals surface area contributed by atoms with Gasteiger partial charge in [-0.15, -0.1) is 0 Å². The lowest BCUT2D eigenvalue weighted by atomic mass is 9.83. The third-order valence-electron chi connectivity index (χ3n) is 4.01. The molecule has 0 amide bonds. The number of nitrogens with zero attached hydrogens (tertiary/aromatic N) is 2. The molecular weight excluding hydrogens is 210 g/mol. The topological polar surface area (TPSA) is 29.9 Å². The average molecular weight is 235 g/mol. The largest absolute Gasteiger partial charge is 0.334 e. The molecule has 3 heteroatoms. The summed E-state index contributed by atoms with van der Waals surface area (Å²) in [7, 11) is 1.97. The first-order valence-electron chi connectivity index (χ1n) is 7.02. The summed E-state index contributed by atoms with van der Waals surface area (Å²) in [4.78, 5) is 4.47. The van der Waals surface area contributed by atoms with Crippen LogP contribution in [-0.2, 0) is 6.54 Å². The van der Waals surface area contributed by atoms with E-state index in [1.807, 2.05) is 13.4 Å². The maximum atomic E-state index is 4.47. The molecule has 17 heavy (non-hydrogen) atoms. The van der Waals surface area contributed by atoms with Gasteiger partial charge in [-0.25, -0.2) is 4.98 Å². The summed E-state index contributed by atoms with van der Waals surface area (Å²) in [5.41, 5.74) is 1.15. The summed E-state index contributed by atoms with van der Waals surface area (Å²) in [5.74, 6) is 0.866. The molecule has 1 unspecified atom stereocenters. The Hall–Kier alpha value is -0.830. The summed E-state index contributed by atoms with van der Waals surface area (Å²) in [6, 6.07) is 0.661. The van der Waals surface area contributed by atoms with Crippen LogP contribution in [0.15, 0.2) is 12.5 Å². The van der Waals surface area contributed by atoms with Crippen LogP contribution in [0, 0.1) is 5.92 Å². The van der Waals surface area contributed by atoms with Gasteiger partial charge in [0.15, 0.2) is 0 Å². The van der Waals surface area contributed by atoms with Gasteiger partial charge in [0.05, 0.1) is 12.0 Å². The average Bonchev–Trinajstić information content (AvgIpc) is 2.81. The highest BCUT2D eigenvalue weighted by molar-refractivity contribution is 4.98.